The fraction of sp³-hybridized carbons (Fsp3) is 0.188. The average molecular weight is 254 g/mol. The summed E-state index contributed by atoms with van der Waals surface area (Å²) in [5.41, 5.74) is 0.783. The molecule has 2 rings (SSSR count). The van der Waals surface area contributed by atoms with Gasteiger partial charge in [-0.3, -0.25) is 0 Å². The zero-order valence-electron chi connectivity index (χ0n) is 10.9. The molecule has 0 aliphatic rings. The molecule has 0 aliphatic heterocycles. The Balaban J connectivity index is 2.29. The van der Waals surface area contributed by atoms with Crippen LogP contribution in [0.25, 0.3) is 10.8 Å². The quantitative estimate of drug-likeness (QED) is 0.610. The standard InChI is InChI=1S/C16H14O3/c1-3-19-16(17)9-5-12-4-6-14-11-15(18-2)8-7-13(14)10-12/h4,6-8,10-11H,3H2,1-2H3. The van der Waals surface area contributed by atoms with Gasteiger partial charge in [-0.15, -0.1) is 0 Å². The predicted molar refractivity (Wildman–Crippen MR) is 74.0 cm³/mol. The second kappa shape index (κ2) is 5.92. The summed E-state index contributed by atoms with van der Waals surface area (Å²) >= 11 is 0. The molecule has 0 N–H and O–H groups in total. The number of carbonyl (C=O) groups excluding carboxylic acids is 1. The minimum atomic E-state index is -0.502. The Morgan fingerprint density at radius 3 is 2.63 bits per heavy atom. The van der Waals surface area contributed by atoms with Gasteiger partial charge < -0.3 is 9.47 Å². The van der Waals surface area contributed by atoms with Gasteiger partial charge in [0.15, 0.2) is 0 Å². The molecule has 96 valence electrons. The summed E-state index contributed by atoms with van der Waals surface area (Å²) in [5, 5.41) is 2.12. The van der Waals surface area contributed by atoms with Crippen LogP contribution >= 0.6 is 0 Å². The molecule has 0 bridgehead atoms. The van der Waals surface area contributed by atoms with E-state index in [4.69, 9.17) is 9.47 Å². The molecule has 2 aromatic rings. The first-order chi connectivity index (χ1) is 9.22. The van der Waals surface area contributed by atoms with Gasteiger partial charge in [-0.05, 0) is 42.0 Å². The molecule has 0 unspecified atom stereocenters. The third-order valence-electron chi connectivity index (χ3n) is 2.63. The maximum atomic E-state index is 11.2. The summed E-state index contributed by atoms with van der Waals surface area (Å²) < 4.78 is 9.92. The molecule has 3 heteroatoms. The van der Waals surface area contributed by atoms with Crippen LogP contribution in [0, 0.1) is 11.8 Å². The van der Waals surface area contributed by atoms with Crippen molar-refractivity contribution in [3.8, 4) is 17.6 Å². The van der Waals surface area contributed by atoms with Crippen LogP contribution < -0.4 is 4.74 Å². The number of methoxy groups -OCH3 is 1. The molecule has 0 heterocycles. The highest BCUT2D eigenvalue weighted by atomic mass is 16.5. The minimum Gasteiger partial charge on any atom is -0.497 e. The first kappa shape index (κ1) is 13.0. The van der Waals surface area contributed by atoms with Crippen molar-refractivity contribution in [3.05, 3.63) is 42.0 Å². The number of rotatable bonds is 2. The summed E-state index contributed by atoms with van der Waals surface area (Å²) in [6, 6.07) is 11.6. The minimum absolute atomic E-state index is 0.338. The molecule has 0 atom stereocenters. The SMILES string of the molecule is CCOC(=O)C#Cc1ccc2cc(OC)ccc2c1. The van der Waals surface area contributed by atoms with E-state index in [0.29, 0.717) is 6.61 Å². The van der Waals surface area contributed by atoms with Gasteiger partial charge in [0, 0.05) is 11.5 Å². The van der Waals surface area contributed by atoms with Crippen molar-refractivity contribution in [2.45, 2.75) is 6.92 Å². The van der Waals surface area contributed by atoms with Crippen LogP contribution in [0.4, 0.5) is 0 Å². The van der Waals surface area contributed by atoms with Gasteiger partial charge in [0.1, 0.15) is 5.75 Å². The van der Waals surface area contributed by atoms with Crippen molar-refractivity contribution in [2.24, 2.45) is 0 Å². The maximum Gasteiger partial charge on any atom is 0.384 e. The van der Waals surface area contributed by atoms with Crippen LogP contribution in [0.15, 0.2) is 36.4 Å². The maximum absolute atomic E-state index is 11.2. The summed E-state index contributed by atoms with van der Waals surface area (Å²) in [6.45, 7) is 2.09. The van der Waals surface area contributed by atoms with Gasteiger partial charge in [-0.25, -0.2) is 4.79 Å². The monoisotopic (exact) mass is 254 g/mol. The van der Waals surface area contributed by atoms with Gasteiger partial charge >= 0.3 is 5.97 Å². The molecule has 0 aliphatic carbocycles. The molecule has 0 fully saturated rings. The fourth-order valence-corrected chi connectivity index (χ4v) is 1.72. The zero-order valence-corrected chi connectivity index (χ0v) is 10.9. The van der Waals surface area contributed by atoms with Crippen LogP contribution in [0.5, 0.6) is 5.75 Å². The van der Waals surface area contributed by atoms with Gasteiger partial charge in [-0.2, -0.15) is 0 Å². The Morgan fingerprint density at radius 2 is 1.89 bits per heavy atom. The van der Waals surface area contributed by atoms with E-state index >= 15 is 0 Å². The summed E-state index contributed by atoms with van der Waals surface area (Å²) in [5.74, 6) is 5.56. The molecule has 0 radical (unpaired) electrons. The van der Waals surface area contributed by atoms with E-state index in [2.05, 4.69) is 11.8 Å². The molecule has 19 heavy (non-hydrogen) atoms. The van der Waals surface area contributed by atoms with E-state index in [1.165, 1.54) is 0 Å². The first-order valence-electron chi connectivity index (χ1n) is 5.99. The molecule has 3 nitrogen and oxygen atoms in total. The van der Waals surface area contributed by atoms with Crippen LogP contribution in [0.2, 0.25) is 0 Å². The molecule has 0 amide bonds. The number of fused-ring (bicyclic) bond motifs is 1. The van der Waals surface area contributed by atoms with E-state index in [1.807, 2.05) is 36.4 Å². The molecule has 2 aromatic carbocycles. The molecule has 0 aromatic heterocycles. The van der Waals surface area contributed by atoms with Crippen molar-refractivity contribution < 1.29 is 14.3 Å². The van der Waals surface area contributed by atoms with Crippen LogP contribution in [-0.2, 0) is 9.53 Å². The second-order valence-electron chi connectivity index (χ2n) is 3.90. The molecular formula is C16H14O3. The number of hydrogen-bond donors (Lipinski definition) is 0. The highest BCUT2D eigenvalue weighted by Gasteiger charge is 1.98. The lowest BCUT2D eigenvalue weighted by atomic mass is 10.1. The smallest absolute Gasteiger partial charge is 0.384 e. The Morgan fingerprint density at radius 1 is 1.16 bits per heavy atom. The number of esters is 1. The molecule has 0 saturated carbocycles. The average Bonchev–Trinajstić information content (AvgIpc) is 2.44. The van der Waals surface area contributed by atoms with Crippen LogP contribution in [-0.4, -0.2) is 19.7 Å². The number of carbonyl (C=O) groups is 1. The van der Waals surface area contributed by atoms with Gasteiger partial charge in [0.25, 0.3) is 0 Å². The van der Waals surface area contributed by atoms with Crippen molar-refractivity contribution >= 4 is 16.7 Å². The lowest BCUT2D eigenvalue weighted by Crippen LogP contribution is -1.99. The van der Waals surface area contributed by atoms with Gasteiger partial charge in [0.05, 0.1) is 13.7 Å². The fourth-order valence-electron chi connectivity index (χ4n) is 1.72. The highest BCUT2D eigenvalue weighted by Crippen LogP contribution is 2.21. The van der Waals surface area contributed by atoms with Crippen molar-refractivity contribution in [3.63, 3.8) is 0 Å². The van der Waals surface area contributed by atoms with E-state index in [1.54, 1.807) is 14.0 Å². The lowest BCUT2D eigenvalue weighted by Gasteiger charge is -2.02. The predicted octanol–water partition coefficient (Wildman–Crippen LogP) is 2.76. The molecular weight excluding hydrogens is 240 g/mol. The lowest BCUT2D eigenvalue weighted by molar-refractivity contribution is -0.136. The summed E-state index contributed by atoms with van der Waals surface area (Å²) in [6.07, 6.45) is 0. The normalized spacial score (nSPS) is 9.58. The van der Waals surface area contributed by atoms with Crippen molar-refractivity contribution in [1.82, 2.24) is 0 Å². The first-order valence-corrected chi connectivity index (χ1v) is 5.99. The van der Waals surface area contributed by atoms with E-state index in [9.17, 15) is 4.79 Å². The Bertz CT molecular complexity index is 662. The third-order valence-corrected chi connectivity index (χ3v) is 2.63. The zero-order chi connectivity index (χ0) is 13.7. The molecule has 0 saturated heterocycles. The Hall–Kier alpha value is -2.47. The van der Waals surface area contributed by atoms with Crippen LogP contribution in [0.1, 0.15) is 12.5 Å². The second-order valence-corrected chi connectivity index (χ2v) is 3.90. The third kappa shape index (κ3) is 3.26. The van der Waals surface area contributed by atoms with Gasteiger partial charge in [-0.1, -0.05) is 18.1 Å². The highest BCUT2D eigenvalue weighted by molar-refractivity contribution is 5.90. The Kier molecular flexibility index (Phi) is 4.04. The van der Waals surface area contributed by atoms with E-state index in [0.717, 1.165) is 22.1 Å². The number of benzene rings is 2. The number of hydrogen-bond acceptors (Lipinski definition) is 3. The summed E-state index contributed by atoms with van der Waals surface area (Å²) in [4.78, 5) is 11.2. The van der Waals surface area contributed by atoms with Gasteiger partial charge in [0.2, 0.25) is 0 Å². The van der Waals surface area contributed by atoms with Crippen molar-refractivity contribution in [2.75, 3.05) is 13.7 Å². The van der Waals surface area contributed by atoms with E-state index < -0.39 is 5.97 Å². The number of ether oxygens (including phenoxy) is 2. The molecule has 0 spiro atoms. The van der Waals surface area contributed by atoms with Crippen molar-refractivity contribution in [1.29, 1.82) is 0 Å². The topological polar surface area (TPSA) is 35.5 Å². The van der Waals surface area contributed by atoms with Crippen LogP contribution in [0.3, 0.4) is 0 Å². The largest absolute Gasteiger partial charge is 0.497 e. The van der Waals surface area contributed by atoms with E-state index in [-0.39, 0.29) is 0 Å². The Labute approximate surface area is 112 Å². The summed E-state index contributed by atoms with van der Waals surface area (Å²) in [7, 11) is 1.64.